The number of carbonyl (C=O) groups is 2. The SMILES string of the molecule is CCCCOC(=O)/C=C/c1c(C(=O)OCC)[nH]c2cc(C(C)(C)C)ccc12. The van der Waals surface area contributed by atoms with E-state index in [1.54, 1.807) is 13.0 Å². The molecular weight excluding hydrogens is 342 g/mol. The Morgan fingerprint density at radius 2 is 1.89 bits per heavy atom. The topological polar surface area (TPSA) is 68.4 Å². The molecule has 5 heteroatoms. The summed E-state index contributed by atoms with van der Waals surface area (Å²) in [6.45, 7) is 10.9. The monoisotopic (exact) mass is 371 g/mol. The molecule has 1 aromatic carbocycles. The van der Waals surface area contributed by atoms with Crippen molar-refractivity contribution in [2.24, 2.45) is 0 Å². The van der Waals surface area contributed by atoms with Crippen molar-refractivity contribution in [3.63, 3.8) is 0 Å². The van der Waals surface area contributed by atoms with Crippen LogP contribution in [0.1, 0.15) is 69.1 Å². The summed E-state index contributed by atoms with van der Waals surface area (Å²) in [5, 5.41) is 0.865. The molecule has 1 heterocycles. The van der Waals surface area contributed by atoms with Crippen molar-refractivity contribution >= 4 is 28.9 Å². The maximum atomic E-state index is 12.4. The van der Waals surface area contributed by atoms with Crippen LogP contribution in [0.25, 0.3) is 17.0 Å². The van der Waals surface area contributed by atoms with Gasteiger partial charge in [-0.2, -0.15) is 0 Å². The molecule has 0 unspecified atom stereocenters. The van der Waals surface area contributed by atoms with Crippen molar-refractivity contribution in [2.75, 3.05) is 13.2 Å². The number of aromatic nitrogens is 1. The molecule has 2 rings (SSSR count). The Bertz CT molecular complexity index is 840. The molecule has 1 N–H and O–H groups in total. The summed E-state index contributed by atoms with van der Waals surface area (Å²) in [6.07, 6.45) is 4.77. The number of benzene rings is 1. The van der Waals surface area contributed by atoms with Gasteiger partial charge in [0.25, 0.3) is 0 Å². The van der Waals surface area contributed by atoms with Gasteiger partial charge in [-0.05, 0) is 36.5 Å². The van der Waals surface area contributed by atoms with Gasteiger partial charge in [-0.1, -0.05) is 46.2 Å². The number of carbonyl (C=O) groups excluding carboxylic acids is 2. The predicted molar refractivity (Wildman–Crippen MR) is 108 cm³/mol. The molecule has 0 aliphatic carbocycles. The van der Waals surface area contributed by atoms with Crippen LogP contribution in [0, 0.1) is 0 Å². The Morgan fingerprint density at radius 1 is 1.15 bits per heavy atom. The molecule has 0 aliphatic rings. The zero-order valence-electron chi connectivity index (χ0n) is 16.8. The van der Waals surface area contributed by atoms with Crippen molar-refractivity contribution < 1.29 is 19.1 Å². The van der Waals surface area contributed by atoms with Crippen LogP contribution < -0.4 is 0 Å². The number of hydrogen-bond acceptors (Lipinski definition) is 4. The first kappa shape index (κ1) is 20.7. The zero-order valence-corrected chi connectivity index (χ0v) is 16.8. The van der Waals surface area contributed by atoms with Gasteiger partial charge in [0.05, 0.1) is 13.2 Å². The van der Waals surface area contributed by atoms with E-state index in [1.165, 1.54) is 6.08 Å². The van der Waals surface area contributed by atoms with E-state index in [4.69, 9.17) is 9.47 Å². The number of esters is 2. The molecule has 0 saturated heterocycles. The predicted octanol–water partition coefficient (Wildman–Crippen LogP) is 5.00. The van der Waals surface area contributed by atoms with E-state index in [9.17, 15) is 9.59 Å². The molecule has 0 atom stereocenters. The highest BCUT2D eigenvalue weighted by molar-refractivity contribution is 6.04. The van der Waals surface area contributed by atoms with E-state index in [0.29, 0.717) is 17.9 Å². The fraction of sp³-hybridized carbons (Fsp3) is 0.455. The van der Waals surface area contributed by atoms with Gasteiger partial charge < -0.3 is 14.5 Å². The molecule has 0 aliphatic heterocycles. The smallest absolute Gasteiger partial charge is 0.355 e. The van der Waals surface area contributed by atoms with E-state index < -0.39 is 11.9 Å². The van der Waals surface area contributed by atoms with Crippen LogP contribution >= 0.6 is 0 Å². The van der Waals surface area contributed by atoms with Crippen LogP contribution in [0.2, 0.25) is 0 Å². The number of unbranched alkanes of at least 4 members (excludes halogenated alkanes) is 1. The maximum Gasteiger partial charge on any atom is 0.355 e. The van der Waals surface area contributed by atoms with Crippen molar-refractivity contribution in [2.45, 2.75) is 52.9 Å². The van der Waals surface area contributed by atoms with Crippen molar-refractivity contribution in [1.82, 2.24) is 4.98 Å². The van der Waals surface area contributed by atoms with Gasteiger partial charge in [0.2, 0.25) is 0 Å². The lowest BCUT2D eigenvalue weighted by Gasteiger charge is -2.18. The Labute approximate surface area is 160 Å². The molecule has 146 valence electrons. The first-order valence-corrected chi connectivity index (χ1v) is 9.46. The maximum absolute atomic E-state index is 12.4. The van der Waals surface area contributed by atoms with E-state index in [2.05, 4.69) is 25.8 Å². The fourth-order valence-corrected chi connectivity index (χ4v) is 2.74. The van der Waals surface area contributed by atoms with Gasteiger partial charge in [0.15, 0.2) is 0 Å². The largest absolute Gasteiger partial charge is 0.463 e. The highest BCUT2D eigenvalue weighted by atomic mass is 16.5. The Morgan fingerprint density at radius 3 is 2.52 bits per heavy atom. The summed E-state index contributed by atoms with van der Waals surface area (Å²) >= 11 is 0. The van der Waals surface area contributed by atoms with Crippen LogP contribution in [0.3, 0.4) is 0 Å². The molecule has 0 radical (unpaired) electrons. The lowest BCUT2D eigenvalue weighted by atomic mass is 9.86. The van der Waals surface area contributed by atoms with Crippen LogP contribution in [0.15, 0.2) is 24.3 Å². The van der Waals surface area contributed by atoms with E-state index in [1.807, 2.05) is 25.1 Å². The molecule has 0 amide bonds. The van der Waals surface area contributed by atoms with Gasteiger partial charge >= 0.3 is 11.9 Å². The quantitative estimate of drug-likeness (QED) is 0.422. The number of aromatic amines is 1. The molecule has 5 nitrogen and oxygen atoms in total. The van der Waals surface area contributed by atoms with Crippen molar-refractivity contribution in [3.05, 3.63) is 41.1 Å². The van der Waals surface area contributed by atoms with Crippen LogP contribution in [-0.4, -0.2) is 30.1 Å². The molecule has 0 spiro atoms. The number of H-pyrrole nitrogens is 1. The number of nitrogens with one attached hydrogen (secondary N) is 1. The third-order valence-corrected chi connectivity index (χ3v) is 4.31. The average Bonchev–Trinajstić information content (AvgIpc) is 2.97. The molecule has 27 heavy (non-hydrogen) atoms. The third kappa shape index (κ3) is 5.22. The molecule has 2 aromatic rings. The van der Waals surface area contributed by atoms with Crippen LogP contribution in [0.5, 0.6) is 0 Å². The minimum Gasteiger partial charge on any atom is -0.463 e. The number of fused-ring (bicyclic) bond motifs is 1. The van der Waals surface area contributed by atoms with Gasteiger partial charge in [0.1, 0.15) is 5.69 Å². The normalized spacial score (nSPS) is 11.9. The summed E-state index contributed by atoms with van der Waals surface area (Å²) in [5.41, 5.74) is 2.96. The summed E-state index contributed by atoms with van der Waals surface area (Å²) in [5.74, 6) is -0.857. The van der Waals surface area contributed by atoms with Gasteiger partial charge in [0, 0.05) is 22.5 Å². The summed E-state index contributed by atoms with van der Waals surface area (Å²) in [7, 11) is 0. The average molecular weight is 371 g/mol. The first-order chi connectivity index (χ1) is 12.8. The van der Waals surface area contributed by atoms with Crippen molar-refractivity contribution in [1.29, 1.82) is 0 Å². The zero-order chi connectivity index (χ0) is 20.0. The molecule has 0 fully saturated rings. The number of ether oxygens (including phenoxy) is 2. The van der Waals surface area contributed by atoms with Crippen LogP contribution in [-0.2, 0) is 19.7 Å². The van der Waals surface area contributed by atoms with E-state index in [0.717, 1.165) is 29.3 Å². The standard InChI is InChI=1S/C22H29NO4/c1-6-8-13-27-19(24)12-11-17-16-10-9-15(22(3,4)5)14-18(16)23-20(17)21(25)26-7-2/h9-12,14,23H,6-8,13H2,1-5H3/b12-11+. The molecular formula is C22H29NO4. The second kappa shape index (κ2) is 8.89. The fourth-order valence-electron chi connectivity index (χ4n) is 2.74. The first-order valence-electron chi connectivity index (χ1n) is 9.46. The Hall–Kier alpha value is -2.56. The Balaban J connectivity index is 2.43. The summed E-state index contributed by atoms with van der Waals surface area (Å²) in [6, 6.07) is 6.05. The molecule has 1 aromatic heterocycles. The molecule has 0 bridgehead atoms. The van der Waals surface area contributed by atoms with Gasteiger partial charge in [-0.25, -0.2) is 9.59 Å². The van der Waals surface area contributed by atoms with E-state index in [-0.39, 0.29) is 12.0 Å². The van der Waals surface area contributed by atoms with Crippen LogP contribution in [0.4, 0.5) is 0 Å². The minimum absolute atomic E-state index is 0.0114. The van der Waals surface area contributed by atoms with Gasteiger partial charge in [-0.15, -0.1) is 0 Å². The molecule has 0 saturated carbocycles. The number of hydrogen-bond donors (Lipinski definition) is 1. The third-order valence-electron chi connectivity index (χ3n) is 4.31. The minimum atomic E-state index is -0.440. The Kier molecular flexibility index (Phi) is 6.83. The van der Waals surface area contributed by atoms with E-state index >= 15 is 0 Å². The van der Waals surface area contributed by atoms with Crippen molar-refractivity contribution in [3.8, 4) is 0 Å². The second-order valence-corrected chi connectivity index (χ2v) is 7.50. The number of rotatable bonds is 7. The second-order valence-electron chi connectivity index (χ2n) is 7.50. The summed E-state index contributed by atoms with van der Waals surface area (Å²) < 4.78 is 10.3. The lowest BCUT2D eigenvalue weighted by molar-refractivity contribution is -0.137. The highest BCUT2D eigenvalue weighted by Gasteiger charge is 2.20. The van der Waals surface area contributed by atoms with Gasteiger partial charge in [-0.3, -0.25) is 0 Å². The highest BCUT2D eigenvalue weighted by Crippen LogP contribution is 2.30. The summed E-state index contributed by atoms with van der Waals surface area (Å²) in [4.78, 5) is 27.4. The lowest BCUT2D eigenvalue weighted by Crippen LogP contribution is -2.10.